The van der Waals surface area contributed by atoms with E-state index in [-0.39, 0.29) is 18.0 Å². The Morgan fingerprint density at radius 3 is 2.47 bits per heavy atom. The SMILES string of the molecule is Cc1nc(C)c(-c2cccc(C(=O)N[C@@H](C)CN3CCN(C(=O)OC(C)(C)C)CC3)c2)s1. The van der Waals surface area contributed by atoms with E-state index in [1.165, 1.54) is 0 Å². The molecule has 2 heterocycles. The lowest BCUT2D eigenvalue weighted by Gasteiger charge is -2.36. The number of amides is 2. The number of ether oxygens (including phenoxy) is 1. The van der Waals surface area contributed by atoms with E-state index < -0.39 is 5.60 Å². The van der Waals surface area contributed by atoms with E-state index in [1.54, 1.807) is 16.2 Å². The van der Waals surface area contributed by atoms with Crippen molar-refractivity contribution < 1.29 is 14.3 Å². The minimum Gasteiger partial charge on any atom is -0.444 e. The van der Waals surface area contributed by atoms with Crippen molar-refractivity contribution in [2.24, 2.45) is 0 Å². The summed E-state index contributed by atoms with van der Waals surface area (Å²) in [4.78, 5) is 34.7. The first-order chi connectivity index (χ1) is 15.0. The summed E-state index contributed by atoms with van der Waals surface area (Å²) in [5.74, 6) is -0.0781. The molecule has 2 amide bonds. The summed E-state index contributed by atoms with van der Waals surface area (Å²) in [6.45, 7) is 15.2. The largest absolute Gasteiger partial charge is 0.444 e. The van der Waals surface area contributed by atoms with Crippen LogP contribution >= 0.6 is 11.3 Å². The number of hydrogen-bond acceptors (Lipinski definition) is 6. The van der Waals surface area contributed by atoms with Crippen molar-refractivity contribution in [2.75, 3.05) is 32.7 Å². The quantitative estimate of drug-likeness (QED) is 0.730. The summed E-state index contributed by atoms with van der Waals surface area (Å²) in [6, 6.07) is 7.70. The Labute approximate surface area is 194 Å². The van der Waals surface area contributed by atoms with Gasteiger partial charge in [-0.2, -0.15) is 0 Å². The van der Waals surface area contributed by atoms with Crippen LogP contribution in [0, 0.1) is 13.8 Å². The number of hydrogen-bond donors (Lipinski definition) is 1. The van der Waals surface area contributed by atoms with E-state index in [2.05, 4.69) is 15.2 Å². The maximum absolute atomic E-state index is 12.8. The molecule has 1 aliphatic rings. The summed E-state index contributed by atoms with van der Waals surface area (Å²) in [6.07, 6.45) is -0.259. The third kappa shape index (κ3) is 6.53. The standard InChI is InChI=1S/C24H34N4O3S/c1-16(15-27-10-12-28(13-11-27)23(30)31-24(4,5)6)25-22(29)20-9-7-8-19(14-20)21-17(2)26-18(3)32-21/h7-9,14,16H,10-13,15H2,1-6H3,(H,25,29)/t16-/m0/s1. The van der Waals surface area contributed by atoms with Crippen LogP contribution in [0.1, 0.15) is 48.8 Å². The topological polar surface area (TPSA) is 74.8 Å². The van der Waals surface area contributed by atoms with Crippen LogP contribution in [0.2, 0.25) is 0 Å². The van der Waals surface area contributed by atoms with Crippen LogP contribution in [0.5, 0.6) is 0 Å². The molecule has 0 saturated carbocycles. The van der Waals surface area contributed by atoms with Gasteiger partial charge < -0.3 is 15.0 Å². The lowest BCUT2D eigenvalue weighted by molar-refractivity contribution is 0.0141. The molecule has 0 unspecified atom stereocenters. The number of thiazole rings is 1. The van der Waals surface area contributed by atoms with Crippen molar-refractivity contribution >= 4 is 23.3 Å². The van der Waals surface area contributed by atoms with Crippen molar-refractivity contribution in [3.05, 3.63) is 40.5 Å². The molecule has 174 valence electrons. The van der Waals surface area contributed by atoms with Gasteiger partial charge in [0.05, 0.1) is 15.6 Å². The van der Waals surface area contributed by atoms with Gasteiger partial charge in [0.1, 0.15) is 5.60 Å². The number of aryl methyl sites for hydroxylation is 2. The summed E-state index contributed by atoms with van der Waals surface area (Å²) < 4.78 is 5.45. The minimum atomic E-state index is -0.484. The van der Waals surface area contributed by atoms with Gasteiger partial charge >= 0.3 is 6.09 Å². The van der Waals surface area contributed by atoms with Gasteiger partial charge in [0.15, 0.2) is 0 Å². The van der Waals surface area contributed by atoms with Gasteiger partial charge in [0.25, 0.3) is 5.91 Å². The van der Waals surface area contributed by atoms with Gasteiger partial charge in [0, 0.05) is 44.3 Å². The fourth-order valence-corrected chi connectivity index (χ4v) is 4.70. The molecule has 7 nitrogen and oxygen atoms in total. The number of piperazine rings is 1. The Kier molecular flexibility index (Phi) is 7.56. The zero-order valence-corrected chi connectivity index (χ0v) is 20.7. The molecule has 1 aliphatic heterocycles. The first kappa shape index (κ1) is 24.2. The maximum atomic E-state index is 12.8. The van der Waals surface area contributed by atoms with Crippen molar-refractivity contribution in [3.63, 3.8) is 0 Å². The first-order valence-corrected chi connectivity index (χ1v) is 11.9. The average Bonchev–Trinajstić information content (AvgIpc) is 3.05. The van der Waals surface area contributed by atoms with Crippen LogP contribution in [-0.2, 0) is 4.74 Å². The zero-order chi connectivity index (χ0) is 23.5. The van der Waals surface area contributed by atoms with Gasteiger partial charge in [0.2, 0.25) is 0 Å². The molecule has 3 rings (SSSR count). The van der Waals surface area contributed by atoms with Crippen molar-refractivity contribution in [1.29, 1.82) is 0 Å². The fraction of sp³-hybridized carbons (Fsp3) is 0.542. The second-order valence-corrected chi connectivity index (χ2v) is 10.6. The highest BCUT2D eigenvalue weighted by atomic mass is 32.1. The maximum Gasteiger partial charge on any atom is 0.410 e. The fourth-order valence-electron chi connectivity index (χ4n) is 3.78. The van der Waals surface area contributed by atoms with Crippen molar-refractivity contribution in [2.45, 2.75) is 53.2 Å². The minimum absolute atomic E-state index is 0.00776. The predicted molar refractivity (Wildman–Crippen MR) is 128 cm³/mol. The number of nitrogens with one attached hydrogen (secondary N) is 1. The average molecular weight is 459 g/mol. The normalized spacial score (nSPS) is 16.0. The zero-order valence-electron chi connectivity index (χ0n) is 19.9. The van der Waals surface area contributed by atoms with Crippen LogP contribution in [0.15, 0.2) is 24.3 Å². The smallest absolute Gasteiger partial charge is 0.410 e. The second kappa shape index (κ2) is 10.0. The summed E-state index contributed by atoms with van der Waals surface area (Å²) in [7, 11) is 0. The van der Waals surface area contributed by atoms with Crippen LogP contribution in [0.25, 0.3) is 10.4 Å². The lowest BCUT2D eigenvalue weighted by atomic mass is 10.1. The number of aromatic nitrogens is 1. The van der Waals surface area contributed by atoms with E-state index >= 15 is 0 Å². The highest BCUT2D eigenvalue weighted by Crippen LogP contribution is 2.30. The van der Waals surface area contributed by atoms with Crippen LogP contribution < -0.4 is 5.32 Å². The molecule has 8 heteroatoms. The molecule has 0 radical (unpaired) electrons. The second-order valence-electron chi connectivity index (χ2n) is 9.37. The van der Waals surface area contributed by atoms with E-state index in [1.807, 2.05) is 65.8 Å². The third-order valence-corrected chi connectivity index (χ3v) is 6.35. The Morgan fingerprint density at radius 1 is 1.19 bits per heavy atom. The molecule has 2 aromatic rings. The highest BCUT2D eigenvalue weighted by Gasteiger charge is 2.26. The Bertz CT molecular complexity index is 958. The third-order valence-electron chi connectivity index (χ3n) is 5.22. The Morgan fingerprint density at radius 2 is 1.88 bits per heavy atom. The van der Waals surface area contributed by atoms with Crippen LogP contribution in [-0.4, -0.2) is 71.2 Å². The molecule has 1 aromatic heterocycles. The summed E-state index contributed by atoms with van der Waals surface area (Å²) in [5, 5.41) is 4.13. The Hall–Kier alpha value is -2.45. The van der Waals surface area contributed by atoms with E-state index in [4.69, 9.17) is 4.74 Å². The molecule has 1 N–H and O–H groups in total. The molecular weight excluding hydrogens is 424 g/mol. The Balaban J connectivity index is 1.51. The number of carbonyl (C=O) groups excluding carboxylic acids is 2. The number of benzene rings is 1. The van der Waals surface area contributed by atoms with Gasteiger partial charge in [-0.05, 0) is 59.2 Å². The predicted octanol–water partition coefficient (Wildman–Crippen LogP) is 4.10. The van der Waals surface area contributed by atoms with Crippen molar-refractivity contribution in [3.8, 4) is 10.4 Å². The lowest BCUT2D eigenvalue weighted by Crippen LogP contribution is -2.52. The van der Waals surface area contributed by atoms with E-state index in [0.29, 0.717) is 18.7 Å². The number of rotatable bonds is 5. The van der Waals surface area contributed by atoms with Crippen molar-refractivity contribution in [1.82, 2.24) is 20.1 Å². The molecule has 0 aliphatic carbocycles. The summed E-state index contributed by atoms with van der Waals surface area (Å²) >= 11 is 1.64. The van der Waals surface area contributed by atoms with Gasteiger partial charge in [-0.25, -0.2) is 9.78 Å². The molecular formula is C24H34N4O3S. The van der Waals surface area contributed by atoms with Gasteiger partial charge in [-0.1, -0.05) is 12.1 Å². The summed E-state index contributed by atoms with van der Waals surface area (Å²) in [5.41, 5.74) is 2.17. The number of nitrogens with zero attached hydrogens (tertiary/aromatic N) is 3. The first-order valence-electron chi connectivity index (χ1n) is 11.1. The molecule has 1 saturated heterocycles. The van der Waals surface area contributed by atoms with Crippen LogP contribution in [0.4, 0.5) is 4.79 Å². The van der Waals surface area contributed by atoms with E-state index in [0.717, 1.165) is 40.8 Å². The molecule has 0 spiro atoms. The molecule has 1 atom stereocenters. The monoisotopic (exact) mass is 458 g/mol. The molecule has 1 aromatic carbocycles. The van der Waals surface area contributed by atoms with Crippen LogP contribution in [0.3, 0.4) is 0 Å². The highest BCUT2D eigenvalue weighted by molar-refractivity contribution is 7.15. The van der Waals surface area contributed by atoms with E-state index in [9.17, 15) is 9.59 Å². The molecule has 0 bridgehead atoms. The number of carbonyl (C=O) groups is 2. The van der Waals surface area contributed by atoms with Gasteiger partial charge in [-0.3, -0.25) is 9.69 Å². The molecule has 1 fully saturated rings. The molecule has 32 heavy (non-hydrogen) atoms. The van der Waals surface area contributed by atoms with Gasteiger partial charge in [-0.15, -0.1) is 11.3 Å².